The van der Waals surface area contributed by atoms with Crippen LogP contribution in [0.2, 0.25) is 0 Å². The summed E-state index contributed by atoms with van der Waals surface area (Å²) in [7, 11) is 1.31. The minimum Gasteiger partial charge on any atom is -0.455 e. The number of ether oxygens (including phenoxy) is 6. The van der Waals surface area contributed by atoms with E-state index in [1.165, 1.54) is 65.9 Å². The van der Waals surface area contributed by atoms with E-state index in [1.807, 2.05) is 0 Å². The van der Waals surface area contributed by atoms with Gasteiger partial charge in [-0.15, -0.1) is 0 Å². The summed E-state index contributed by atoms with van der Waals surface area (Å²) in [5, 5.41) is 37.5. The lowest BCUT2D eigenvalue weighted by molar-refractivity contribution is -0.346. The van der Waals surface area contributed by atoms with Crippen molar-refractivity contribution in [1.82, 2.24) is 26.2 Å². The summed E-state index contributed by atoms with van der Waals surface area (Å²) in [6.07, 6.45) is -11.5. The summed E-state index contributed by atoms with van der Waals surface area (Å²) in [4.78, 5) is 144. The van der Waals surface area contributed by atoms with Crippen LogP contribution in [0.3, 0.4) is 0 Å². The Labute approximate surface area is 545 Å². The van der Waals surface area contributed by atoms with E-state index >= 15 is 9.59 Å². The molecule has 10 N–H and O–H groups in total. The van der Waals surface area contributed by atoms with Gasteiger partial charge in [0.2, 0.25) is 23.8 Å². The molecule has 5 amide bonds. The van der Waals surface area contributed by atoms with Gasteiger partial charge in [0, 0.05) is 64.2 Å². The smallest absolute Gasteiger partial charge is 0.410 e. The van der Waals surface area contributed by atoms with Crippen molar-refractivity contribution < 1.29 is 86.6 Å². The van der Waals surface area contributed by atoms with Crippen molar-refractivity contribution in [3.63, 3.8) is 0 Å². The number of esters is 4. The predicted molar refractivity (Wildman–Crippen MR) is 338 cm³/mol. The number of amides is 5. The Morgan fingerprint density at radius 2 is 1.35 bits per heavy atom. The maximum absolute atomic E-state index is 16.0. The van der Waals surface area contributed by atoms with Gasteiger partial charge in [0.25, 0.3) is 5.91 Å². The summed E-state index contributed by atoms with van der Waals surface area (Å²) in [5.41, 5.74) is 4.30. The van der Waals surface area contributed by atoms with E-state index in [0.29, 0.717) is 19.4 Å². The second kappa shape index (κ2) is 30.0. The molecule has 25 nitrogen and oxygen atoms in total. The van der Waals surface area contributed by atoms with Crippen LogP contribution in [0.5, 0.6) is 0 Å². The average molecular weight is 1300 g/mol. The number of unbranched alkanes of at least 4 members (excludes halogenated alkanes) is 1. The zero-order valence-corrected chi connectivity index (χ0v) is 54.0. The molecule has 0 unspecified atom stereocenters. The summed E-state index contributed by atoms with van der Waals surface area (Å²) >= 11 is 0. The van der Waals surface area contributed by atoms with Gasteiger partial charge in [-0.2, -0.15) is 0 Å². The van der Waals surface area contributed by atoms with Crippen LogP contribution in [0.4, 0.5) is 4.79 Å². The number of carbonyl (C=O) groups excluding carboxylic acids is 10. The molecule has 3 fully saturated rings. The second-order valence-electron chi connectivity index (χ2n) is 25.3. The van der Waals surface area contributed by atoms with E-state index in [4.69, 9.17) is 39.9 Å². The molecule has 4 aromatic rings. The molecule has 25 heteroatoms. The molecule has 0 radical (unpaired) electrons. The zero-order chi connectivity index (χ0) is 68.5. The highest BCUT2D eigenvalue weighted by atomic mass is 16.6. The van der Waals surface area contributed by atoms with Gasteiger partial charge in [0.05, 0.1) is 35.6 Å². The number of nitrogens with zero attached hydrogens (tertiary/aromatic N) is 1. The highest BCUT2D eigenvalue weighted by Gasteiger charge is 2.78. The largest absolute Gasteiger partial charge is 0.455 e. The molecule has 1 aliphatic heterocycles. The predicted octanol–water partition coefficient (Wildman–Crippen LogP) is 3.62. The number of aliphatic hydroxyl groups is 2. The molecule has 4 aromatic carbocycles. The number of hydrogen-bond acceptors (Lipinski definition) is 20. The van der Waals surface area contributed by atoms with Gasteiger partial charge in [-0.25, -0.2) is 14.4 Å². The van der Waals surface area contributed by atoms with Gasteiger partial charge in [-0.05, 0) is 93.1 Å². The van der Waals surface area contributed by atoms with Crippen LogP contribution in [0.15, 0.2) is 132 Å². The zero-order valence-electron chi connectivity index (χ0n) is 54.0. The van der Waals surface area contributed by atoms with Gasteiger partial charge in [-0.3, -0.25) is 33.6 Å². The van der Waals surface area contributed by atoms with E-state index in [-0.39, 0.29) is 60.2 Å². The fourth-order valence-electron chi connectivity index (χ4n) is 13.4. The Bertz CT molecular complexity index is 3470. The van der Waals surface area contributed by atoms with Crippen LogP contribution >= 0.6 is 0 Å². The molecule has 3 aliphatic carbocycles. The van der Waals surface area contributed by atoms with Gasteiger partial charge in [0.15, 0.2) is 17.5 Å². The van der Waals surface area contributed by atoms with E-state index in [1.54, 1.807) is 97.1 Å². The molecule has 8 rings (SSSR count). The Balaban J connectivity index is 1.16. The number of likely N-dealkylation sites (N-methyl/N-ethyl adjacent to an activating group) is 1. The van der Waals surface area contributed by atoms with Crippen molar-refractivity contribution in [1.29, 1.82) is 0 Å². The molecular weight excluding hydrogens is 1210 g/mol. The third kappa shape index (κ3) is 15.0. The van der Waals surface area contributed by atoms with Gasteiger partial charge in [0.1, 0.15) is 42.0 Å². The van der Waals surface area contributed by atoms with Crippen LogP contribution in [-0.4, -0.2) is 174 Å². The summed E-state index contributed by atoms with van der Waals surface area (Å²) in [6, 6.07) is 27.8. The lowest BCUT2D eigenvalue weighted by Crippen LogP contribution is -2.82. The first-order valence-electron chi connectivity index (χ1n) is 31.4. The number of aliphatic hydroxyl groups excluding tert-OH is 1. The summed E-state index contributed by atoms with van der Waals surface area (Å²) in [5.74, 6) is -9.35. The van der Waals surface area contributed by atoms with Crippen molar-refractivity contribution in [3.05, 3.63) is 155 Å². The minimum absolute atomic E-state index is 0.00377. The number of benzene rings is 4. The first-order valence-corrected chi connectivity index (χ1v) is 31.4. The first-order chi connectivity index (χ1) is 44.6. The van der Waals surface area contributed by atoms with Gasteiger partial charge < -0.3 is 76.3 Å². The highest BCUT2D eigenvalue weighted by molar-refractivity contribution is 5.97. The van der Waals surface area contributed by atoms with E-state index in [0.717, 1.165) is 24.3 Å². The molecule has 1 heterocycles. The Hall–Kier alpha value is -8.88. The Kier molecular flexibility index (Phi) is 22.7. The molecule has 1 saturated heterocycles. The lowest BCUT2D eigenvalue weighted by atomic mass is 9.44. The Morgan fingerprint density at radius 1 is 0.755 bits per heavy atom. The molecule has 94 heavy (non-hydrogen) atoms. The minimum atomic E-state index is -2.56. The molecule has 2 bridgehead atoms. The summed E-state index contributed by atoms with van der Waals surface area (Å²) < 4.78 is 37.3. The number of fused-ring (bicyclic) bond motifs is 5. The van der Waals surface area contributed by atoms with Gasteiger partial charge >= 0.3 is 30.0 Å². The van der Waals surface area contributed by atoms with Crippen molar-refractivity contribution in [2.75, 3.05) is 33.3 Å². The third-order valence-corrected chi connectivity index (χ3v) is 18.7. The third-order valence-electron chi connectivity index (χ3n) is 18.7. The molecule has 0 aromatic heterocycles. The topological polar surface area (TPSA) is 370 Å². The first kappa shape index (κ1) is 71.0. The number of Topliss-reactive ketones (excluding diaryl/α,β-unsaturated/α-hetero) is 1. The van der Waals surface area contributed by atoms with E-state index in [9.17, 15) is 48.6 Å². The van der Waals surface area contributed by atoms with Crippen molar-refractivity contribution in [2.45, 2.75) is 159 Å². The monoisotopic (exact) mass is 1300 g/mol. The Morgan fingerprint density at radius 3 is 1.93 bits per heavy atom. The molecular formula is C69H85N7O18. The number of hydrogen-bond donors (Lipinski definition) is 8. The second-order valence-corrected chi connectivity index (χ2v) is 25.3. The lowest BCUT2D eigenvalue weighted by Gasteiger charge is -2.67. The van der Waals surface area contributed by atoms with Gasteiger partial charge in [-0.1, -0.05) is 111 Å². The fourth-order valence-corrected chi connectivity index (χ4v) is 13.4. The SMILES string of the molecule is CC(=O)O[C@H]1C(=O)[C@@]2(C)[C@H]([C@H](OC(=O)c3ccccc3)[C@]3(O)C[C@H](OC(=O)[C@H](OC(=O)N(C)CCNC(=O)[C@H](CCCCN)NC(=O)[C@H](Cc4ccccc4)NC(=O)[C@@H](C)N)[C@@H](NC(=O)c4ccccc4)c4ccccc4)C(C)=C1C3(C)C)[C@]1(OC(C)=O)CO[C@@H]1C[C@@H]2O. The number of nitrogens with two attached hydrogens (primary N) is 2. The van der Waals surface area contributed by atoms with Crippen molar-refractivity contribution in [2.24, 2.45) is 28.2 Å². The van der Waals surface area contributed by atoms with E-state index < -0.39 is 161 Å². The van der Waals surface area contributed by atoms with Crippen LogP contribution in [0.25, 0.3) is 0 Å². The van der Waals surface area contributed by atoms with Crippen LogP contribution in [-0.2, 0) is 68.4 Å². The normalized spacial score (nSPS) is 25.7. The maximum atomic E-state index is 16.0. The van der Waals surface area contributed by atoms with E-state index in [2.05, 4.69) is 21.3 Å². The molecule has 14 atom stereocenters. The average Bonchev–Trinajstić information content (AvgIpc) is 0.670. The molecule has 2 saturated carbocycles. The van der Waals surface area contributed by atoms with Crippen LogP contribution < -0.4 is 32.7 Å². The molecule has 4 aliphatic rings. The van der Waals surface area contributed by atoms with Crippen molar-refractivity contribution >= 4 is 59.4 Å². The number of nitrogens with one attached hydrogen (secondary N) is 4. The van der Waals surface area contributed by atoms with Crippen molar-refractivity contribution in [3.8, 4) is 0 Å². The number of ketones is 1. The standard InChI is InChI=1S/C69H85N7O18/c1-39-49(37-69(88)58(93-63(85)46-29-19-12-20-30-46)56-67(7,50(79)36-51-68(56,38-89-51)94-42(4)78)57(80)54(90-41(3)77)52(39)66(69,5)6)91-64(86)55(53(44-25-15-10-16-26-44)75-60(82)45-27-17-11-18-28-45)92-65(87)76(8)34-33-72-61(83)47(31-21-22-32-70)73-62(84)48(74-59(81)40(2)71)35-43-23-13-9-14-24-43/h9-20,23-30,40,47-51,53-56,58,79,88H,21-22,31-38,70-71H2,1-8H3,(H,72,83)(H,73,84)(H,74,81)(H,75,82)/t40-,47+,48+,49+,50+,51-,53+,54-,55-,56+,58+,67-,68+,69-/m1/s1. The maximum Gasteiger partial charge on any atom is 0.410 e. The quantitative estimate of drug-likeness (QED) is 0.0203. The fraction of sp³-hybridized carbons (Fsp3) is 0.478. The molecule has 504 valence electrons. The number of carbonyl (C=O) groups is 10. The highest BCUT2D eigenvalue weighted by Crippen LogP contribution is 2.64. The summed E-state index contributed by atoms with van der Waals surface area (Å²) in [6.45, 7) is 8.92. The van der Waals surface area contributed by atoms with Crippen LogP contribution in [0.1, 0.15) is 118 Å². The molecule has 0 spiro atoms. The number of rotatable bonds is 25. The van der Waals surface area contributed by atoms with Crippen LogP contribution in [0, 0.1) is 16.7 Å².